The summed E-state index contributed by atoms with van der Waals surface area (Å²) in [6, 6.07) is 4.58. The van der Waals surface area contributed by atoms with E-state index < -0.39 is 11.8 Å². The van der Waals surface area contributed by atoms with Gasteiger partial charge in [-0.1, -0.05) is 12.1 Å². The molecule has 0 aliphatic heterocycles. The van der Waals surface area contributed by atoms with Gasteiger partial charge >= 0.3 is 5.97 Å². The zero-order chi connectivity index (χ0) is 14.5. The van der Waals surface area contributed by atoms with Crippen LogP contribution in [0, 0.1) is 5.82 Å². The molecule has 0 aliphatic rings. The number of rotatable bonds is 5. The van der Waals surface area contributed by atoms with Crippen LogP contribution in [0.1, 0.15) is 11.3 Å². The van der Waals surface area contributed by atoms with Gasteiger partial charge in [0.15, 0.2) is 0 Å². The second-order valence-electron chi connectivity index (χ2n) is 4.19. The number of carboxylic acids is 1. The Bertz CT molecular complexity index is 626. The van der Waals surface area contributed by atoms with Crippen LogP contribution in [0.5, 0.6) is 0 Å². The first kappa shape index (κ1) is 14.2. The predicted octanol–water partition coefficient (Wildman–Crippen LogP) is 3.02. The fourth-order valence-corrected chi connectivity index (χ4v) is 2.42. The van der Waals surface area contributed by atoms with Crippen LogP contribution in [0.2, 0.25) is 0 Å². The van der Waals surface area contributed by atoms with Gasteiger partial charge in [0.1, 0.15) is 5.82 Å². The average molecular weight is 292 g/mol. The molecule has 0 unspecified atom stereocenters. The predicted molar refractivity (Wildman–Crippen MR) is 77.3 cm³/mol. The molecule has 1 aromatic carbocycles. The monoisotopic (exact) mass is 292 g/mol. The van der Waals surface area contributed by atoms with Gasteiger partial charge in [0.05, 0.1) is 23.4 Å². The lowest BCUT2D eigenvalue weighted by Crippen LogP contribution is -2.19. The van der Waals surface area contributed by atoms with Gasteiger partial charge in [-0.15, -0.1) is 11.3 Å². The van der Waals surface area contributed by atoms with Crippen molar-refractivity contribution in [3.63, 3.8) is 0 Å². The third-order valence-corrected chi connectivity index (χ3v) is 3.32. The second kappa shape index (κ2) is 6.29. The van der Waals surface area contributed by atoms with Crippen molar-refractivity contribution in [2.24, 2.45) is 0 Å². The maximum absolute atomic E-state index is 14.0. The summed E-state index contributed by atoms with van der Waals surface area (Å²) in [4.78, 5) is 16.5. The van der Waals surface area contributed by atoms with E-state index in [9.17, 15) is 9.18 Å². The minimum Gasteiger partial charge on any atom is -0.478 e. The molecule has 0 saturated heterocycles. The molecule has 1 heterocycles. The Morgan fingerprint density at radius 2 is 2.35 bits per heavy atom. The van der Waals surface area contributed by atoms with Gasteiger partial charge in [-0.3, -0.25) is 0 Å². The first-order valence-electron chi connectivity index (χ1n) is 5.85. The summed E-state index contributed by atoms with van der Waals surface area (Å²) >= 11 is 1.48. The van der Waals surface area contributed by atoms with Gasteiger partial charge in [0.2, 0.25) is 0 Å². The van der Waals surface area contributed by atoms with Gasteiger partial charge in [-0.2, -0.15) is 0 Å². The second-order valence-corrected chi connectivity index (χ2v) is 4.90. The smallest absolute Gasteiger partial charge is 0.328 e. The van der Waals surface area contributed by atoms with Gasteiger partial charge in [0.25, 0.3) is 0 Å². The number of para-hydroxylation sites is 1. The Labute approximate surface area is 119 Å². The highest BCUT2D eigenvalue weighted by Gasteiger charge is 2.12. The van der Waals surface area contributed by atoms with Crippen LogP contribution in [0.15, 0.2) is 35.2 Å². The lowest BCUT2D eigenvalue weighted by Gasteiger charge is -2.21. The molecule has 104 valence electrons. The molecule has 0 amide bonds. The molecule has 1 N–H and O–H groups in total. The SMILES string of the molecule is CN(Cc1cscn1)c1c(F)cccc1/C=C/C(=O)O. The Balaban J connectivity index is 2.31. The van der Waals surface area contributed by atoms with Crippen molar-refractivity contribution in [2.75, 3.05) is 11.9 Å². The van der Waals surface area contributed by atoms with Crippen molar-refractivity contribution in [1.82, 2.24) is 4.98 Å². The topological polar surface area (TPSA) is 53.4 Å². The summed E-state index contributed by atoms with van der Waals surface area (Å²) in [5.41, 5.74) is 3.44. The zero-order valence-electron chi connectivity index (χ0n) is 10.8. The minimum atomic E-state index is -1.07. The van der Waals surface area contributed by atoms with Crippen LogP contribution >= 0.6 is 11.3 Å². The summed E-state index contributed by atoms with van der Waals surface area (Å²) in [6.45, 7) is 0.457. The quantitative estimate of drug-likeness (QED) is 0.861. The van der Waals surface area contributed by atoms with Gasteiger partial charge in [-0.25, -0.2) is 14.2 Å². The molecule has 1 aromatic heterocycles. The van der Waals surface area contributed by atoms with E-state index in [1.54, 1.807) is 29.6 Å². The maximum atomic E-state index is 14.0. The first-order chi connectivity index (χ1) is 9.58. The molecule has 0 saturated carbocycles. The van der Waals surface area contributed by atoms with Crippen LogP contribution in [0.3, 0.4) is 0 Å². The highest BCUT2D eigenvalue weighted by molar-refractivity contribution is 7.07. The number of hydrogen-bond acceptors (Lipinski definition) is 4. The third kappa shape index (κ3) is 3.42. The Morgan fingerprint density at radius 1 is 1.55 bits per heavy atom. The first-order valence-corrected chi connectivity index (χ1v) is 6.80. The Kier molecular flexibility index (Phi) is 4.47. The molecule has 0 fully saturated rings. The number of carboxylic acid groups (broad SMARTS) is 1. The standard InChI is InChI=1S/C14H13FN2O2S/c1-17(7-11-8-20-9-16-11)14-10(5-6-13(18)19)3-2-4-12(14)15/h2-6,8-9H,7H2,1H3,(H,18,19)/b6-5+. The number of thiazole rings is 1. The van der Waals surface area contributed by atoms with Crippen molar-refractivity contribution >= 4 is 29.1 Å². The average Bonchev–Trinajstić information content (AvgIpc) is 2.88. The number of aromatic nitrogens is 1. The fraction of sp³-hybridized carbons (Fsp3) is 0.143. The van der Waals surface area contributed by atoms with E-state index in [2.05, 4.69) is 4.98 Å². The molecule has 0 radical (unpaired) electrons. The molecule has 2 aromatic rings. The number of anilines is 1. The lowest BCUT2D eigenvalue weighted by atomic mass is 10.1. The van der Waals surface area contributed by atoms with E-state index in [-0.39, 0.29) is 0 Å². The molecular weight excluding hydrogens is 279 g/mol. The number of aliphatic carboxylic acids is 1. The van der Waals surface area contributed by atoms with E-state index in [1.807, 2.05) is 5.38 Å². The number of halogens is 1. The Hall–Kier alpha value is -2.21. The molecule has 0 bridgehead atoms. The molecule has 20 heavy (non-hydrogen) atoms. The van der Waals surface area contributed by atoms with Crippen LogP contribution in [-0.2, 0) is 11.3 Å². The highest BCUT2D eigenvalue weighted by atomic mass is 32.1. The van der Waals surface area contributed by atoms with Gasteiger partial charge in [0, 0.05) is 24.1 Å². The normalized spacial score (nSPS) is 10.9. The summed E-state index contributed by atoms with van der Waals surface area (Å²) in [5, 5.41) is 10.6. The van der Waals surface area contributed by atoms with Crippen molar-refractivity contribution < 1.29 is 14.3 Å². The van der Waals surface area contributed by atoms with Crippen molar-refractivity contribution in [1.29, 1.82) is 0 Å². The molecular formula is C14H13FN2O2S. The molecule has 4 nitrogen and oxygen atoms in total. The highest BCUT2D eigenvalue weighted by Crippen LogP contribution is 2.26. The molecule has 6 heteroatoms. The summed E-state index contributed by atoms with van der Waals surface area (Å²) in [7, 11) is 1.75. The molecule has 0 atom stereocenters. The van der Waals surface area contributed by atoms with Crippen molar-refractivity contribution in [3.05, 3.63) is 52.2 Å². The van der Waals surface area contributed by atoms with E-state index in [1.165, 1.54) is 23.5 Å². The van der Waals surface area contributed by atoms with Gasteiger partial charge in [-0.05, 0) is 12.1 Å². The summed E-state index contributed by atoms with van der Waals surface area (Å²) in [5.74, 6) is -1.46. The van der Waals surface area contributed by atoms with Crippen LogP contribution < -0.4 is 4.90 Å². The van der Waals surface area contributed by atoms with Gasteiger partial charge < -0.3 is 10.0 Å². The van der Waals surface area contributed by atoms with E-state index >= 15 is 0 Å². The molecule has 0 aliphatic carbocycles. The minimum absolute atomic E-state index is 0.359. The zero-order valence-corrected chi connectivity index (χ0v) is 11.6. The van der Waals surface area contributed by atoms with Crippen molar-refractivity contribution in [2.45, 2.75) is 6.54 Å². The van der Waals surface area contributed by atoms with Crippen molar-refractivity contribution in [3.8, 4) is 0 Å². The maximum Gasteiger partial charge on any atom is 0.328 e. The number of nitrogens with zero attached hydrogens (tertiary/aromatic N) is 2. The fourth-order valence-electron chi connectivity index (χ4n) is 1.87. The Morgan fingerprint density at radius 3 is 3.00 bits per heavy atom. The molecule has 2 rings (SSSR count). The number of carbonyl (C=O) groups is 1. The van der Waals surface area contributed by atoms with Crippen LogP contribution in [0.25, 0.3) is 6.08 Å². The van der Waals surface area contributed by atoms with E-state index in [0.717, 1.165) is 11.8 Å². The summed E-state index contributed by atoms with van der Waals surface area (Å²) < 4.78 is 14.0. The molecule has 0 spiro atoms. The number of hydrogen-bond donors (Lipinski definition) is 1. The third-order valence-electron chi connectivity index (χ3n) is 2.69. The van der Waals surface area contributed by atoms with Crippen LogP contribution in [-0.4, -0.2) is 23.1 Å². The van der Waals surface area contributed by atoms with E-state index in [4.69, 9.17) is 5.11 Å². The summed E-state index contributed by atoms with van der Waals surface area (Å²) in [6.07, 6.45) is 2.38. The number of benzene rings is 1. The van der Waals surface area contributed by atoms with E-state index in [0.29, 0.717) is 17.8 Å². The van der Waals surface area contributed by atoms with Crippen LogP contribution in [0.4, 0.5) is 10.1 Å². The largest absolute Gasteiger partial charge is 0.478 e. The lowest BCUT2D eigenvalue weighted by molar-refractivity contribution is -0.131.